The van der Waals surface area contributed by atoms with E-state index in [1.165, 1.54) is 24.3 Å². The molecule has 0 aliphatic heterocycles. The fraction of sp³-hybridized carbons (Fsp3) is 0.200. The van der Waals surface area contributed by atoms with E-state index in [2.05, 4.69) is 25.3 Å². The Morgan fingerprint density at radius 3 is 2.89 bits per heavy atom. The molecule has 0 amide bonds. The lowest BCUT2D eigenvalue weighted by atomic mass is 10.2. The first-order valence-corrected chi connectivity index (χ1v) is 6.77. The molecule has 1 aromatic heterocycles. The van der Waals surface area contributed by atoms with Gasteiger partial charge in [0.15, 0.2) is 5.82 Å². The number of nitrogens with zero attached hydrogens (tertiary/aromatic N) is 4. The summed E-state index contributed by atoms with van der Waals surface area (Å²) in [5.41, 5.74) is 0.273. The van der Waals surface area contributed by atoms with Gasteiger partial charge < -0.3 is 0 Å². The summed E-state index contributed by atoms with van der Waals surface area (Å²) in [6, 6.07) is 7.00. The van der Waals surface area contributed by atoms with Crippen molar-refractivity contribution in [3.63, 3.8) is 0 Å². The molecule has 2 aromatic rings. The number of rotatable bonds is 4. The first-order chi connectivity index (χ1) is 9.03. The van der Waals surface area contributed by atoms with Gasteiger partial charge in [-0.1, -0.05) is 11.3 Å². The number of aromatic amines is 1. The fourth-order valence-corrected chi connectivity index (χ4v) is 2.69. The zero-order chi connectivity index (χ0) is 13.9. The highest BCUT2D eigenvalue weighted by atomic mass is 32.2. The molecule has 1 unspecified atom stereocenters. The van der Waals surface area contributed by atoms with Gasteiger partial charge in [-0.25, -0.2) is 13.1 Å². The van der Waals surface area contributed by atoms with Crippen molar-refractivity contribution in [3.8, 4) is 6.07 Å². The summed E-state index contributed by atoms with van der Waals surface area (Å²) in [4.78, 5) is 0.0156. The molecule has 0 radical (unpaired) electrons. The van der Waals surface area contributed by atoms with Gasteiger partial charge in [0.05, 0.1) is 22.6 Å². The normalized spacial score (nSPS) is 12.8. The fourth-order valence-electron chi connectivity index (χ4n) is 1.44. The zero-order valence-electron chi connectivity index (χ0n) is 9.90. The molecule has 98 valence electrons. The average Bonchev–Trinajstić information content (AvgIpc) is 2.92. The van der Waals surface area contributed by atoms with Crippen LogP contribution in [0.2, 0.25) is 0 Å². The van der Waals surface area contributed by atoms with Crippen LogP contribution in [0.5, 0.6) is 0 Å². The number of aromatic nitrogens is 4. The lowest BCUT2D eigenvalue weighted by Crippen LogP contribution is -2.27. The molecule has 0 fully saturated rings. The number of hydrogen-bond acceptors (Lipinski definition) is 6. The molecule has 2 N–H and O–H groups in total. The van der Waals surface area contributed by atoms with Crippen LogP contribution in [0.1, 0.15) is 24.4 Å². The molecule has 1 heterocycles. The van der Waals surface area contributed by atoms with E-state index >= 15 is 0 Å². The van der Waals surface area contributed by atoms with Crippen LogP contribution in [0, 0.1) is 11.3 Å². The first kappa shape index (κ1) is 13.1. The van der Waals surface area contributed by atoms with Crippen LogP contribution in [0.3, 0.4) is 0 Å². The highest BCUT2D eigenvalue weighted by molar-refractivity contribution is 7.89. The number of benzene rings is 1. The topological polar surface area (TPSA) is 124 Å². The summed E-state index contributed by atoms with van der Waals surface area (Å²) in [5.74, 6) is 0.236. The monoisotopic (exact) mass is 278 g/mol. The van der Waals surface area contributed by atoms with Crippen LogP contribution in [0.15, 0.2) is 29.2 Å². The molecule has 1 atom stereocenters. The highest BCUT2D eigenvalue weighted by Crippen LogP contribution is 2.14. The van der Waals surface area contributed by atoms with E-state index in [0.717, 1.165) is 0 Å². The van der Waals surface area contributed by atoms with Crippen LogP contribution in [-0.2, 0) is 10.0 Å². The average molecular weight is 278 g/mol. The third-order valence-electron chi connectivity index (χ3n) is 2.35. The second kappa shape index (κ2) is 5.13. The van der Waals surface area contributed by atoms with Crippen molar-refractivity contribution in [1.29, 1.82) is 5.26 Å². The van der Waals surface area contributed by atoms with Gasteiger partial charge in [0.25, 0.3) is 0 Å². The molecule has 9 heteroatoms. The van der Waals surface area contributed by atoms with Gasteiger partial charge in [-0.2, -0.15) is 10.5 Å². The molecule has 0 saturated heterocycles. The van der Waals surface area contributed by atoms with Gasteiger partial charge >= 0.3 is 0 Å². The number of hydrogen-bond donors (Lipinski definition) is 2. The molecule has 1 aromatic carbocycles. The second-order valence-corrected chi connectivity index (χ2v) is 5.47. The van der Waals surface area contributed by atoms with E-state index in [9.17, 15) is 8.42 Å². The summed E-state index contributed by atoms with van der Waals surface area (Å²) >= 11 is 0. The molecule has 2 rings (SSSR count). The minimum atomic E-state index is -3.74. The Bertz CT molecular complexity index is 704. The Morgan fingerprint density at radius 1 is 1.47 bits per heavy atom. The van der Waals surface area contributed by atoms with Crippen molar-refractivity contribution < 1.29 is 8.42 Å². The Morgan fingerprint density at radius 2 is 2.26 bits per heavy atom. The first-order valence-electron chi connectivity index (χ1n) is 5.29. The van der Waals surface area contributed by atoms with Gasteiger partial charge in [0.2, 0.25) is 10.0 Å². The van der Waals surface area contributed by atoms with Crippen molar-refractivity contribution in [2.45, 2.75) is 17.9 Å². The predicted octanol–water partition coefficient (Wildman–Crippen LogP) is 0.111. The SMILES string of the molecule is CC(NS(=O)(=O)c1cccc(C#N)c1)c1nn[nH]n1. The Hall–Kier alpha value is -2.31. The standard InChI is InChI=1S/C10H10N6O2S/c1-7(10-12-15-16-13-10)14-19(17,18)9-4-2-3-8(5-9)6-11/h2-5,7,14H,1H3,(H,12,13,15,16). The van der Waals surface area contributed by atoms with Crippen LogP contribution in [0.25, 0.3) is 0 Å². The second-order valence-electron chi connectivity index (χ2n) is 3.75. The summed E-state index contributed by atoms with van der Waals surface area (Å²) in [6.45, 7) is 1.59. The number of tetrazole rings is 1. The van der Waals surface area contributed by atoms with Crippen molar-refractivity contribution >= 4 is 10.0 Å². The number of H-pyrrole nitrogens is 1. The van der Waals surface area contributed by atoms with Crippen LogP contribution in [0.4, 0.5) is 0 Å². The molecule has 0 aliphatic rings. The molecule has 0 aliphatic carbocycles. The molecular formula is C10H10N6O2S. The Labute approximate surface area is 109 Å². The molecule has 19 heavy (non-hydrogen) atoms. The van der Waals surface area contributed by atoms with E-state index in [1.807, 2.05) is 6.07 Å². The number of sulfonamides is 1. The lowest BCUT2D eigenvalue weighted by molar-refractivity contribution is 0.560. The van der Waals surface area contributed by atoms with Crippen LogP contribution < -0.4 is 4.72 Å². The maximum Gasteiger partial charge on any atom is 0.241 e. The predicted molar refractivity (Wildman–Crippen MR) is 64.1 cm³/mol. The number of nitrogens with one attached hydrogen (secondary N) is 2. The van der Waals surface area contributed by atoms with E-state index in [-0.39, 0.29) is 16.3 Å². The van der Waals surface area contributed by atoms with Gasteiger partial charge in [-0.3, -0.25) is 0 Å². The molecule has 0 bridgehead atoms. The van der Waals surface area contributed by atoms with Gasteiger partial charge in [0, 0.05) is 0 Å². The smallest absolute Gasteiger partial charge is 0.207 e. The Kier molecular flexibility index (Phi) is 3.55. The van der Waals surface area contributed by atoms with Crippen molar-refractivity contribution in [2.75, 3.05) is 0 Å². The van der Waals surface area contributed by atoms with Crippen LogP contribution >= 0.6 is 0 Å². The molecule has 0 spiro atoms. The van der Waals surface area contributed by atoms with Gasteiger partial charge in [-0.15, -0.1) is 10.2 Å². The summed E-state index contributed by atoms with van der Waals surface area (Å²) in [5, 5.41) is 21.8. The quantitative estimate of drug-likeness (QED) is 0.817. The van der Waals surface area contributed by atoms with Crippen molar-refractivity contribution in [2.24, 2.45) is 0 Å². The minimum absolute atomic E-state index is 0.0156. The maximum atomic E-state index is 12.1. The van der Waals surface area contributed by atoms with Crippen LogP contribution in [-0.4, -0.2) is 29.0 Å². The summed E-state index contributed by atoms with van der Waals surface area (Å²) < 4.78 is 26.6. The zero-order valence-corrected chi connectivity index (χ0v) is 10.7. The van der Waals surface area contributed by atoms with Gasteiger partial charge in [-0.05, 0) is 25.1 Å². The maximum absolute atomic E-state index is 12.1. The van der Waals surface area contributed by atoms with E-state index in [4.69, 9.17) is 5.26 Å². The summed E-state index contributed by atoms with van der Waals surface area (Å²) in [7, 11) is -3.74. The van der Waals surface area contributed by atoms with Crippen molar-refractivity contribution in [3.05, 3.63) is 35.7 Å². The molecule has 8 nitrogen and oxygen atoms in total. The highest BCUT2D eigenvalue weighted by Gasteiger charge is 2.20. The van der Waals surface area contributed by atoms with E-state index in [1.54, 1.807) is 6.92 Å². The Balaban J connectivity index is 2.25. The van der Waals surface area contributed by atoms with Crippen molar-refractivity contribution in [1.82, 2.24) is 25.3 Å². The summed E-state index contributed by atoms with van der Waals surface area (Å²) in [6.07, 6.45) is 0. The minimum Gasteiger partial charge on any atom is -0.207 e. The third kappa shape index (κ3) is 2.93. The third-order valence-corrected chi connectivity index (χ3v) is 3.89. The van der Waals surface area contributed by atoms with E-state index < -0.39 is 16.1 Å². The van der Waals surface area contributed by atoms with Gasteiger partial charge in [0.1, 0.15) is 0 Å². The molecular weight excluding hydrogens is 268 g/mol. The van der Waals surface area contributed by atoms with E-state index in [0.29, 0.717) is 0 Å². The molecule has 0 saturated carbocycles. The lowest BCUT2D eigenvalue weighted by Gasteiger charge is -2.10. The largest absolute Gasteiger partial charge is 0.241 e. The number of nitriles is 1.